The number of anilines is 1. The van der Waals surface area contributed by atoms with E-state index in [9.17, 15) is 31.2 Å². The van der Waals surface area contributed by atoms with Gasteiger partial charge in [0.25, 0.3) is 0 Å². The van der Waals surface area contributed by atoms with E-state index < -0.39 is 45.1 Å². The third kappa shape index (κ3) is 4.67. The van der Waals surface area contributed by atoms with Gasteiger partial charge in [-0.3, -0.25) is 9.59 Å². The maximum absolute atomic E-state index is 13.1. The van der Waals surface area contributed by atoms with Gasteiger partial charge in [-0.05, 0) is 31.5 Å². The molecule has 0 spiro atoms. The Morgan fingerprint density at radius 2 is 2.00 bits per heavy atom. The van der Waals surface area contributed by atoms with E-state index in [1.165, 1.54) is 0 Å². The maximum Gasteiger partial charge on any atom is 0.418 e. The summed E-state index contributed by atoms with van der Waals surface area (Å²) in [5.74, 6) is -2.73. The van der Waals surface area contributed by atoms with Crippen molar-refractivity contribution < 1.29 is 31.2 Å². The van der Waals surface area contributed by atoms with Gasteiger partial charge in [-0.1, -0.05) is 11.6 Å². The van der Waals surface area contributed by atoms with Crippen LogP contribution in [-0.2, 0) is 25.6 Å². The fourth-order valence-corrected chi connectivity index (χ4v) is 4.66. The van der Waals surface area contributed by atoms with E-state index in [4.69, 9.17) is 11.6 Å². The molecule has 1 fully saturated rings. The highest BCUT2D eigenvalue weighted by molar-refractivity contribution is 7.91. The van der Waals surface area contributed by atoms with Gasteiger partial charge in [-0.15, -0.1) is 0 Å². The number of hydrogen-bond acceptors (Lipinski definition) is 4. The molecule has 1 saturated heterocycles. The van der Waals surface area contributed by atoms with E-state index in [0.29, 0.717) is 6.07 Å². The van der Waals surface area contributed by atoms with Gasteiger partial charge in [0.05, 0.1) is 22.8 Å². The molecule has 2 amide bonds. The monoisotopic (exact) mass is 412 g/mol. The van der Waals surface area contributed by atoms with Crippen LogP contribution in [0, 0.1) is 0 Å². The van der Waals surface area contributed by atoms with Gasteiger partial charge in [-0.2, -0.15) is 13.2 Å². The molecular formula is C15H16ClF3N2O4S. The van der Waals surface area contributed by atoms with Crippen LogP contribution in [0.1, 0.15) is 18.9 Å². The second-order valence-corrected chi connectivity index (χ2v) is 8.45. The number of nitrogens with one attached hydrogen (secondary N) is 1. The minimum atomic E-state index is -4.78. The van der Waals surface area contributed by atoms with E-state index in [-0.39, 0.29) is 29.5 Å². The zero-order valence-corrected chi connectivity index (χ0v) is 15.2. The molecule has 0 bridgehead atoms. The molecule has 1 aliphatic rings. The molecular weight excluding hydrogens is 397 g/mol. The number of halogens is 4. The molecule has 0 saturated carbocycles. The molecule has 2 rings (SSSR count). The fourth-order valence-electron chi connectivity index (χ4n) is 2.76. The summed E-state index contributed by atoms with van der Waals surface area (Å²) in [4.78, 5) is 25.5. The summed E-state index contributed by atoms with van der Waals surface area (Å²) in [6.07, 6.45) is -4.59. The highest BCUT2D eigenvalue weighted by Crippen LogP contribution is 2.36. The summed E-state index contributed by atoms with van der Waals surface area (Å²) in [6, 6.07) is 2.07. The van der Waals surface area contributed by atoms with E-state index in [1.807, 2.05) is 5.32 Å². The number of carbonyl (C=O) groups is 2. The van der Waals surface area contributed by atoms with Crippen LogP contribution in [0.3, 0.4) is 0 Å². The average Bonchev–Trinajstić information content (AvgIpc) is 2.88. The zero-order valence-electron chi connectivity index (χ0n) is 13.6. The molecule has 1 aromatic carbocycles. The van der Waals surface area contributed by atoms with Gasteiger partial charge in [0.15, 0.2) is 9.84 Å². The van der Waals surface area contributed by atoms with Crippen LogP contribution in [0.5, 0.6) is 0 Å². The Morgan fingerprint density at radius 3 is 2.50 bits per heavy atom. The van der Waals surface area contributed by atoms with Crippen molar-refractivity contribution in [2.75, 3.05) is 23.4 Å². The minimum Gasteiger partial charge on any atom is -0.331 e. The average molecular weight is 413 g/mol. The second kappa shape index (κ2) is 7.43. The molecule has 0 aromatic heterocycles. The van der Waals surface area contributed by atoms with Gasteiger partial charge in [0.2, 0.25) is 0 Å². The molecule has 1 heterocycles. The molecule has 26 heavy (non-hydrogen) atoms. The summed E-state index contributed by atoms with van der Waals surface area (Å²) >= 11 is 5.56. The number of benzene rings is 1. The quantitative estimate of drug-likeness (QED) is 0.772. The zero-order chi connectivity index (χ0) is 19.7. The summed E-state index contributed by atoms with van der Waals surface area (Å²) < 4.78 is 62.3. The lowest BCUT2D eigenvalue weighted by Crippen LogP contribution is -2.46. The first kappa shape index (κ1) is 20.5. The van der Waals surface area contributed by atoms with Crippen LogP contribution in [-0.4, -0.2) is 49.2 Å². The molecule has 1 aliphatic heterocycles. The minimum absolute atomic E-state index is 0.0547. The van der Waals surface area contributed by atoms with Crippen LogP contribution in [0.25, 0.3) is 0 Å². The third-order valence-corrected chi connectivity index (χ3v) is 5.97. The molecule has 0 radical (unpaired) electrons. The lowest BCUT2D eigenvalue weighted by atomic mass is 10.1. The van der Waals surface area contributed by atoms with Crippen molar-refractivity contribution in [1.82, 2.24) is 4.90 Å². The van der Waals surface area contributed by atoms with Crippen LogP contribution >= 0.6 is 11.6 Å². The number of amides is 2. The van der Waals surface area contributed by atoms with Crippen LogP contribution in [0.4, 0.5) is 18.9 Å². The van der Waals surface area contributed by atoms with Gasteiger partial charge in [-0.25, -0.2) is 8.42 Å². The standard InChI is InChI=1S/C15H16ClF3N2O4S/c1-2-21(10-5-6-26(24,25)8-10)14(23)13(22)20-12-4-3-9(16)7-11(12)15(17,18)19/h3-4,7,10H,2,5-6,8H2,1H3,(H,20,22). The largest absolute Gasteiger partial charge is 0.418 e. The van der Waals surface area contributed by atoms with Gasteiger partial charge in [0.1, 0.15) is 0 Å². The molecule has 6 nitrogen and oxygen atoms in total. The predicted octanol–water partition coefficient (Wildman–Crippen LogP) is 2.33. The topological polar surface area (TPSA) is 83.6 Å². The number of rotatable bonds is 3. The Hall–Kier alpha value is -1.81. The number of sulfone groups is 1. The van der Waals surface area contributed by atoms with Crippen molar-refractivity contribution in [3.63, 3.8) is 0 Å². The Kier molecular flexibility index (Phi) is 5.86. The van der Waals surface area contributed by atoms with E-state index in [0.717, 1.165) is 17.0 Å². The molecule has 144 valence electrons. The first-order valence-electron chi connectivity index (χ1n) is 7.63. The van der Waals surface area contributed by atoms with Crippen molar-refractivity contribution in [1.29, 1.82) is 0 Å². The van der Waals surface area contributed by atoms with Crippen LogP contribution < -0.4 is 5.32 Å². The predicted molar refractivity (Wildman–Crippen MR) is 89.5 cm³/mol. The lowest BCUT2D eigenvalue weighted by Gasteiger charge is -2.26. The summed E-state index contributed by atoms with van der Waals surface area (Å²) in [7, 11) is -3.29. The Morgan fingerprint density at radius 1 is 1.35 bits per heavy atom. The fraction of sp³-hybridized carbons (Fsp3) is 0.467. The first-order valence-corrected chi connectivity index (χ1v) is 9.83. The van der Waals surface area contributed by atoms with Gasteiger partial charge in [0, 0.05) is 17.6 Å². The Bertz CT molecular complexity index is 827. The smallest absolute Gasteiger partial charge is 0.331 e. The SMILES string of the molecule is CCN(C(=O)C(=O)Nc1ccc(Cl)cc1C(F)(F)F)C1CCS(=O)(=O)C1. The van der Waals surface area contributed by atoms with Gasteiger partial charge >= 0.3 is 18.0 Å². The second-order valence-electron chi connectivity index (χ2n) is 5.79. The summed E-state index contributed by atoms with van der Waals surface area (Å²) in [6.45, 7) is 1.61. The highest BCUT2D eigenvalue weighted by atomic mass is 35.5. The number of carbonyl (C=O) groups excluding carboxylic acids is 2. The molecule has 1 unspecified atom stereocenters. The van der Waals surface area contributed by atoms with Crippen molar-refractivity contribution in [2.24, 2.45) is 0 Å². The lowest BCUT2D eigenvalue weighted by molar-refractivity contribution is -0.144. The Balaban J connectivity index is 2.20. The van der Waals surface area contributed by atoms with Crippen molar-refractivity contribution >= 4 is 38.9 Å². The van der Waals surface area contributed by atoms with Crippen molar-refractivity contribution in [2.45, 2.75) is 25.6 Å². The molecule has 0 aliphatic carbocycles. The molecule has 1 atom stereocenters. The van der Waals surface area contributed by atoms with E-state index >= 15 is 0 Å². The number of likely N-dealkylation sites (N-methyl/N-ethyl adjacent to an activating group) is 1. The van der Waals surface area contributed by atoms with E-state index in [1.54, 1.807) is 6.92 Å². The number of alkyl halides is 3. The summed E-state index contributed by atoms with van der Waals surface area (Å²) in [5, 5.41) is 1.77. The van der Waals surface area contributed by atoms with Crippen molar-refractivity contribution in [3.05, 3.63) is 28.8 Å². The maximum atomic E-state index is 13.1. The first-order chi connectivity index (χ1) is 11.9. The number of nitrogens with zero attached hydrogens (tertiary/aromatic N) is 1. The van der Waals surface area contributed by atoms with Gasteiger partial charge < -0.3 is 10.2 Å². The normalized spacial score (nSPS) is 19.2. The Labute approximate surface area is 153 Å². The summed E-state index contributed by atoms with van der Waals surface area (Å²) in [5.41, 5.74) is -1.78. The van der Waals surface area contributed by atoms with E-state index in [2.05, 4.69) is 0 Å². The van der Waals surface area contributed by atoms with Crippen molar-refractivity contribution in [3.8, 4) is 0 Å². The van der Waals surface area contributed by atoms with Crippen LogP contribution in [0.15, 0.2) is 18.2 Å². The highest BCUT2D eigenvalue weighted by Gasteiger charge is 2.38. The third-order valence-electron chi connectivity index (χ3n) is 3.98. The number of hydrogen-bond donors (Lipinski definition) is 1. The molecule has 11 heteroatoms. The molecule has 1 N–H and O–H groups in total. The van der Waals surface area contributed by atoms with Crippen LogP contribution in [0.2, 0.25) is 5.02 Å². The molecule has 1 aromatic rings.